The number of hydrogen-bond donors (Lipinski definition) is 0. The Morgan fingerprint density at radius 2 is 1.75 bits per heavy atom. The molecule has 4 aromatic rings. The fourth-order valence-corrected chi connectivity index (χ4v) is 4.66. The molecule has 0 saturated heterocycles. The van der Waals surface area contributed by atoms with Crippen LogP contribution in [0.5, 0.6) is 5.88 Å². The fourth-order valence-electron chi connectivity index (χ4n) is 3.05. The molecule has 0 unspecified atom stereocenters. The van der Waals surface area contributed by atoms with E-state index in [0.29, 0.717) is 24.4 Å². The number of aromatic nitrogens is 5. The lowest BCUT2D eigenvalue weighted by molar-refractivity contribution is 0.0895. The van der Waals surface area contributed by atoms with Crippen molar-refractivity contribution in [2.75, 3.05) is 6.61 Å². The third-order valence-corrected chi connectivity index (χ3v) is 7.39. The van der Waals surface area contributed by atoms with Crippen molar-refractivity contribution in [3.05, 3.63) is 66.9 Å². The smallest absolute Gasteiger partial charge is 0.242 e. The summed E-state index contributed by atoms with van der Waals surface area (Å²) in [5.74, 6) is 0.536. The Labute approximate surface area is 193 Å². The summed E-state index contributed by atoms with van der Waals surface area (Å²) in [6, 6.07) is 13.0. The first-order valence-electron chi connectivity index (χ1n) is 10.5. The second kappa shape index (κ2) is 10.2. The fraction of sp³-hybridized carbons (Fsp3) is 0.304. The second-order valence-electron chi connectivity index (χ2n) is 8.59. The molecule has 0 spiro atoms. The molecule has 0 atom stereocenters. The molecular weight excluding hydrogens is 438 g/mol. The number of hydrogen-bond acceptors (Lipinski definition) is 7. The third kappa shape index (κ3) is 5.93. The van der Waals surface area contributed by atoms with E-state index < -0.39 is 8.07 Å². The predicted octanol–water partition coefficient (Wildman–Crippen LogP) is 5.26. The Morgan fingerprint density at radius 1 is 0.969 bits per heavy atom. The van der Waals surface area contributed by atoms with Gasteiger partial charge in [0.1, 0.15) is 30.7 Å². The van der Waals surface area contributed by atoms with E-state index in [-0.39, 0.29) is 0 Å². The number of nitrogens with zero attached hydrogens (tertiary/aromatic N) is 5. The van der Waals surface area contributed by atoms with E-state index >= 15 is 0 Å². The van der Waals surface area contributed by atoms with Gasteiger partial charge in [0.2, 0.25) is 5.88 Å². The molecule has 0 aliphatic carbocycles. The lowest BCUT2D eigenvalue weighted by Crippen LogP contribution is -2.22. The summed E-state index contributed by atoms with van der Waals surface area (Å²) >= 11 is 1.47. The maximum atomic E-state index is 6.11. The highest BCUT2D eigenvalue weighted by atomic mass is 32.2. The van der Waals surface area contributed by atoms with E-state index in [2.05, 4.69) is 39.6 Å². The van der Waals surface area contributed by atoms with Gasteiger partial charge in [0.15, 0.2) is 5.16 Å². The first kappa shape index (κ1) is 22.4. The van der Waals surface area contributed by atoms with Crippen LogP contribution in [0.1, 0.15) is 5.56 Å². The molecular formula is C23H27N5O2SSi. The lowest BCUT2D eigenvalue weighted by atomic mass is 10.2. The van der Waals surface area contributed by atoms with Crippen LogP contribution in [-0.4, -0.2) is 39.2 Å². The normalized spacial score (nSPS) is 11.7. The topological polar surface area (TPSA) is 75.0 Å². The zero-order valence-electron chi connectivity index (χ0n) is 18.6. The van der Waals surface area contributed by atoms with Gasteiger partial charge in [-0.05, 0) is 29.4 Å². The number of benzene rings is 1. The molecule has 0 aliphatic heterocycles. The maximum Gasteiger partial charge on any atom is 0.242 e. The van der Waals surface area contributed by atoms with Gasteiger partial charge in [0.25, 0.3) is 0 Å². The summed E-state index contributed by atoms with van der Waals surface area (Å²) in [7, 11) is -1.16. The highest BCUT2D eigenvalue weighted by Gasteiger charge is 2.18. The van der Waals surface area contributed by atoms with Crippen molar-refractivity contribution in [1.29, 1.82) is 0 Å². The predicted molar refractivity (Wildman–Crippen MR) is 129 cm³/mol. The first-order valence-corrected chi connectivity index (χ1v) is 15.1. The van der Waals surface area contributed by atoms with Crippen LogP contribution in [0.2, 0.25) is 25.7 Å². The van der Waals surface area contributed by atoms with Crippen molar-refractivity contribution in [1.82, 2.24) is 24.5 Å². The van der Waals surface area contributed by atoms with E-state index in [1.807, 2.05) is 41.1 Å². The largest absolute Gasteiger partial charge is 0.471 e. The van der Waals surface area contributed by atoms with Crippen LogP contribution in [0, 0.1) is 0 Å². The van der Waals surface area contributed by atoms with E-state index in [0.717, 1.165) is 34.1 Å². The van der Waals surface area contributed by atoms with Gasteiger partial charge in [0.05, 0.1) is 4.90 Å². The second-order valence-corrected chi connectivity index (χ2v) is 15.2. The average molecular weight is 466 g/mol. The van der Waals surface area contributed by atoms with Crippen LogP contribution < -0.4 is 4.74 Å². The van der Waals surface area contributed by atoms with Crippen molar-refractivity contribution < 1.29 is 9.47 Å². The summed E-state index contributed by atoms with van der Waals surface area (Å²) in [5, 5.41) is 0.663. The van der Waals surface area contributed by atoms with Gasteiger partial charge >= 0.3 is 0 Å². The molecule has 0 amide bonds. The van der Waals surface area contributed by atoms with Crippen LogP contribution in [0.3, 0.4) is 0 Å². The summed E-state index contributed by atoms with van der Waals surface area (Å²) in [6.45, 7) is 8.61. The Balaban J connectivity index is 1.62. The summed E-state index contributed by atoms with van der Waals surface area (Å²) in [4.78, 5) is 18.6. The van der Waals surface area contributed by atoms with E-state index in [9.17, 15) is 0 Å². The minimum Gasteiger partial charge on any atom is -0.471 e. The van der Waals surface area contributed by atoms with Crippen LogP contribution >= 0.6 is 11.8 Å². The number of ether oxygens (including phenoxy) is 2. The van der Waals surface area contributed by atoms with E-state index in [1.165, 1.54) is 18.1 Å². The van der Waals surface area contributed by atoms with Crippen molar-refractivity contribution in [2.45, 2.75) is 49.1 Å². The van der Waals surface area contributed by atoms with Crippen LogP contribution in [0.25, 0.3) is 11.0 Å². The number of fused-ring (bicyclic) bond motifs is 1. The molecule has 4 rings (SSSR count). The zero-order valence-corrected chi connectivity index (χ0v) is 20.4. The van der Waals surface area contributed by atoms with Crippen molar-refractivity contribution >= 4 is 30.9 Å². The monoisotopic (exact) mass is 465 g/mol. The molecule has 32 heavy (non-hydrogen) atoms. The Morgan fingerprint density at radius 3 is 2.50 bits per heavy atom. The van der Waals surface area contributed by atoms with Crippen LogP contribution in [-0.2, 0) is 18.1 Å². The molecule has 0 fully saturated rings. The minimum absolute atomic E-state index is 0.409. The van der Waals surface area contributed by atoms with Crippen molar-refractivity contribution in [2.24, 2.45) is 0 Å². The molecule has 9 heteroatoms. The molecule has 0 radical (unpaired) electrons. The summed E-state index contributed by atoms with van der Waals surface area (Å²) < 4.78 is 14.2. The quantitative estimate of drug-likeness (QED) is 0.179. The summed E-state index contributed by atoms with van der Waals surface area (Å²) in [5.41, 5.74) is 2.69. The first-order chi connectivity index (χ1) is 15.5. The zero-order chi connectivity index (χ0) is 22.4. The average Bonchev–Trinajstić information content (AvgIpc) is 3.14. The Bertz CT molecular complexity index is 1150. The Hall–Kier alpha value is -2.75. The van der Waals surface area contributed by atoms with Gasteiger partial charge in [-0.15, -0.1) is 0 Å². The van der Waals surface area contributed by atoms with Gasteiger partial charge in [-0.2, -0.15) is 4.98 Å². The molecule has 7 nitrogen and oxygen atoms in total. The van der Waals surface area contributed by atoms with Gasteiger partial charge in [0, 0.05) is 33.3 Å². The molecule has 166 valence electrons. The van der Waals surface area contributed by atoms with Gasteiger partial charge in [-0.3, -0.25) is 0 Å². The summed E-state index contributed by atoms with van der Waals surface area (Å²) in [6.07, 6.45) is 7.02. The molecule has 0 aliphatic rings. The molecule has 1 aromatic carbocycles. The van der Waals surface area contributed by atoms with Gasteiger partial charge < -0.3 is 14.0 Å². The third-order valence-electron chi connectivity index (χ3n) is 4.77. The Kier molecular flexibility index (Phi) is 7.18. The van der Waals surface area contributed by atoms with Crippen molar-refractivity contribution in [3.63, 3.8) is 0 Å². The maximum absolute atomic E-state index is 6.11. The van der Waals surface area contributed by atoms with Crippen molar-refractivity contribution in [3.8, 4) is 5.88 Å². The molecule has 0 saturated carbocycles. The highest BCUT2D eigenvalue weighted by Crippen LogP contribution is 2.35. The highest BCUT2D eigenvalue weighted by molar-refractivity contribution is 7.99. The van der Waals surface area contributed by atoms with Gasteiger partial charge in [-0.25, -0.2) is 15.0 Å². The molecule has 0 N–H and O–H groups in total. The molecule has 3 heterocycles. The van der Waals surface area contributed by atoms with E-state index in [4.69, 9.17) is 9.47 Å². The van der Waals surface area contributed by atoms with E-state index in [1.54, 1.807) is 18.5 Å². The van der Waals surface area contributed by atoms with Crippen LogP contribution in [0.4, 0.5) is 0 Å². The van der Waals surface area contributed by atoms with Crippen LogP contribution in [0.15, 0.2) is 71.4 Å². The SMILES string of the molecule is C[Si](C)(C)CCOCn1cc(Sc2ncccn2)c2ncnc(OCc3ccccc3)c21. The lowest BCUT2D eigenvalue weighted by Gasteiger charge is -2.16. The minimum atomic E-state index is -1.16. The van der Waals surface area contributed by atoms with Gasteiger partial charge in [-0.1, -0.05) is 50.0 Å². The molecule has 0 bridgehead atoms. The number of rotatable bonds is 10. The standard InChI is InChI=1S/C23H27N5O2SSi/c1-32(2,3)13-12-29-17-28-14-19(31-23-24-10-7-11-25-23)20-21(28)22(27-16-26-20)30-15-18-8-5-4-6-9-18/h4-11,14,16H,12-13,15,17H2,1-3H3. The molecule has 3 aromatic heterocycles.